The number of aromatic nitrogens is 2. The van der Waals surface area contributed by atoms with Crippen LogP contribution < -0.4 is 5.32 Å². The van der Waals surface area contributed by atoms with Gasteiger partial charge in [0, 0.05) is 30.0 Å². The number of amides is 2. The fourth-order valence-corrected chi connectivity index (χ4v) is 4.61. The van der Waals surface area contributed by atoms with Crippen molar-refractivity contribution in [1.29, 1.82) is 10.5 Å². The van der Waals surface area contributed by atoms with Crippen LogP contribution in [0.3, 0.4) is 0 Å². The Morgan fingerprint density at radius 1 is 1.13 bits per heavy atom. The quantitative estimate of drug-likeness (QED) is 0.649. The van der Waals surface area contributed by atoms with E-state index in [1.165, 1.54) is 11.3 Å². The Labute approximate surface area is 184 Å². The summed E-state index contributed by atoms with van der Waals surface area (Å²) in [7, 11) is 0. The summed E-state index contributed by atoms with van der Waals surface area (Å²) in [6, 6.07) is 15.4. The van der Waals surface area contributed by atoms with Crippen molar-refractivity contribution in [3.8, 4) is 33.8 Å². The van der Waals surface area contributed by atoms with E-state index in [1.807, 2.05) is 45.0 Å². The van der Waals surface area contributed by atoms with Gasteiger partial charge in [-0.25, -0.2) is 9.78 Å². The molecule has 1 saturated heterocycles. The molecule has 0 aliphatic carbocycles. The van der Waals surface area contributed by atoms with Crippen molar-refractivity contribution in [1.82, 2.24) is 14.9 Å². The first-order valence-electron chi connectivity index (χ1n) is 9.74. The Bertz CT molecular complexity index is 1240. The number of rotatable bonds is 3. The highest BCUT2D eigenvalue weighted by Gasteiger charge is 2.41. The molecule has 7 nitrogen and oxygen atoms in total. The Morgan fingerprint density at radius 2 is 1.84 bits per heavy atom. The zero-order valence-electron chi connectivity index (χ0n) is 17.4. The largest absolute Gasteiger partial charge is 0.323 e. The summed E-state index contributed by atoms with van der Waals surface area (Å²) < 4.78 is 0. The molecule has 0 saturated carbocycles. The van der Waals surface area contributed by atoms with E-state index < -0.39 is 5.41 Å². The van der Waals surface area contributed by atoms with Gasteiger partial charge in [0.25, 0.3) is 0 Å². The van der Waals surface area contributed by atoms with Gasteiger partial charge in [0.05, 0.1) is 33.7 Å². The average molecular weight is 429 g/mol. The zero-order chi connectivity index (χ0) is 22.2. The Hall–Kier alpha value is -3.75. The second-order valence-electron chi connectivity index (χ2n) is 7.99. The standard InChI is InChI=1S/C23H20N6OS/c1-14-7-18(8-15(2)26-14)20-19(17-6-4-5-16(9-17)10-24)27-21(31-20)28-22(30)29-12-23(3,11-25)13-29/h4-9H,12-13H2,1-3H3,(H,27,28,30). The van der Waals surface area contributed by atoms with Crippen LogP contribution in [0.25, 0.3) is 21.7 Å². The molecule has 4 rings (SSSR count). The highest BCUT2D eigenvalue weighted by atomic mass is 32.1. The lowest BCUT2D eigenvalue weighted by atomic mass is 9.84. The minimum atomic E-state index is -0.486. The molecule has 1 N–H and O–H groups in total. The highest BCUT2D eigenvalue weighted by molar-refractivity contribution is 7.19. The molecule has 1 fully saturated rings. The maximum atomic E-state index is 12.6. The van der Waals surface area contributed by atoms with Crippen LogP contribution in [0, 0.1) is 41.9 Å². The lowest BCUT2D eigenvalue weighted by molar-refractivity contribution is 0.0970. The fraction of sp³-hybridized carbons (Fsp3) is 0.261. The van der Waals surface area contributed by atoms with E-state index in [0.29, 0.717) is 29.5 Å². The molecule has 0 unspecified atom stereocenters. The van der Waals surface area contributed by atoms with Gasteiger partial charge in [0.15, 0.2) is 5.13 Å². The lowest BCUT2D eigenvalue weighted by Crippen LogP contribution is -2.57. The van der Waals surface area contributed by atoms with Crippen molar-refractivity contribution in [3.05, 3.63) is 53.3 Å². The molecule has 1 aromatic carbocycles. The molecule has 0 radical (unpaired) electrons. The molecule has 8 heteroatoms. The van der Waals surface area contributed by atoms with Gasteiger partial charge in [0.1, 0.15) is 0 Å². The number of hydrogen-bond acceptors (Lipinski definition) is 6. The number of anilines is 1. The van der Waals surface area contributed by atoms with E-state index in [9.17, 15) is 10.1 Å². The van der Waals surface area contributed by atoms with Crippen LogP contribution in [-0.2, 0) is 0 Å². The van der Waals surface area contributed by atoms with Gasteiger partial charge in [-0.3, -0.25) is 10.3 Å². The van der Waals surface area contributed by atoms with Crippen LogP contribution in [0.5, 0.6) is 0 Å². The van der Waals surface area contributed by atoms with Gasteiger partial charge in [-0.05, 0) is 50.6 Å². The number of aryl methyl sites for hydroxylation is 2. The van der Waals surface area contributed by atoms with Gasteiger partial charge in [-0.15, -0.1) is 0 Å². The first kappa shape index (κ1) is 20.5. The smallest absolute Gasteiger partial charge is 0.321 e. The zero-order valence-corrected chi connectivity index (χ0v) is 18.2. The van der Waals surface area contributed by atoms with Crippen molar-refractivity contribution < 1.29 is 4.79 Å². The van der Waals surface area contributed by atoms with Crippen molar-refractivity contribution in [2.45, 2.75) is 20.8 Å². The van der Waals surface area contributed by atoms with E-state index in [4.69, 9.17) is 10.2 Å². The predicted octanol–water partition coefficient (Wildman–Crippen LogP) is 4.74. The normalized spacial score (nSPS) is 14.3. The molecule has 3 heterocycles. The number of thiazole rings is 1. The number of carbonyl (C=O) groups excluding carboxylic acids is 1. The maximum absolute atomic E-state index is 12.6. The molecule has 2 amide bonds. The third kappa shape index (κ3) is 4.11. The molecule has 3 aromatic rings. The summed E-state index contributed by atoms with van der Waals surface area (Å²) in [5, 5.41) is 21.8. The van der Waals surface area contributed by atoms with E-state index in [0.717, 1.165) is 27.4 Å². The Balaban J connectivity index is 1.71. The van der Waals surface area contributed by atoms with Crippen LogP contribution >= 0.6 is 11.3 Å². The number of nitrogens with one attached hydrogen (secondary N) is 1. The molecule has 2 aromatic heterocycles. The molecule has 154 valence electrons. The number of nitrogens with zero attached hydrogens (tertiary/aromatic N) is 5. The first-order chi connectivity index (χ1) is 14.8. The minimum absolute atomic E-state index is 0.271. The van der Waals surface area contributed by atoms with E-state index >= 15 is 0 Å². The predicted molar refractivity (Wildman–Crippen MR) is 119 cm³/mol. The molecular weight excluding hydrogens is 408 g/mol. The van der Waals surface area contributed by atoms with Gasteiger partial charge in [-0.2, -0.15) is 10.5 Å². The number of likely N-dealkylation sites (tertiary alicyclic amines) is 1. The maximum Gasteiger partial charge on any atom is 0.323 e. The summed E-state index contributed by atoms with van der Waals surface area (Å²) in [4.78, 5) is 24.3. The van der Waals surface area contributed by atoms with E-state index in [-0.39, 0.29) is 6.03 Å². The van der Waals surface area contributed by atoms with Crippen molar-refractivity contribution >= 4 is 22.5 Å². The van der Waals surface area contributed by atoms with Crippen LogP contribution in [-0.4, -0.2) is 34.0 Å². The lowest BCUT2D eigenvalue weighted by Gasteiger charge is -2.42. The second kappa shape index (κ2) is 7.82. The van der Waals surface area contributed by atoms with E-state index in [1.54, 1.807) is 17.0 Å². The number of carbonyl (C=O) groups is 1. The summed E-state index contributed by atoms with van der Waals surface area (Å²) in [6.07, 6.45) is 0. The molecule has 0 bridgehead atoms. The Kier molecular flexibility index (Phi) is 5.18. The fourth-order valence-electron chi connectivity index (χ4n) is 3.65. The Morgan fingerprint density at radius 3 is 2.48 bits per heavy atom. The summed E-state index contributed by atoms with van der Waals surface area (Å²) in [5.41, 5.74) is 4.30. The van der Waals surface area contributed by atoms with Gasteiger partial charge >= 0.3 is 6.03 Å². The number of benzene rings is 1. The first-order valence-corrected chi connectivity index (χ1v) is 10.6. The monoisotopic (exact) mass is 428 g/mol. The van der Waals surface area contributed by atoms with Crippen molar-refractivity contribution in [2.75, 3.05) is 18.4 Å². The SMILES string of the molecule is Cc1cc(-c2sc(NC(=O)N3CC(C)(C#N)C3)nc2-c2cccc(C#N)c2)cc(C)n1. The minimum Gasteiger partial charge on any atom is -0.321 e. The third-order valence-corrected chi connectivity index (χ3v) is 6.11. The number of pyridine rings is 1. The topological polar surface area (TPSA) is 106 Å². The summed E-state index contributed by atoms with van der Waals surface area (Å²) in [5.74, 6) is 0. The van der Waals surface area contributed by atoms with Crippen LogP contribution in [0.4, 0.5) is 9.93 Å². The van der Waals surface area contributed by atoms with Crippen LogP contribution in [0.1, 0.15) is 23.9 Å². The third-order valence-electron chi connectivity index (χ3n) is 5.09. The molecular formula is C23H20N6OS. The molecule has 1 aliphatic rings. The highest BCUT2D eigenvalue weighted by Crippen LogP contribution is 2.40. The second-order valence-corrected chi connectivity index (χ2v) is 8.99. The van der Waals surface area contributed by atoms with Crippen LogP contribution in [0.15, 0.2) is 36.4 Å². The van der Waals surface area contributed by atoms with Gasteiger partial charge < -0.3 is 4.90 Å². The van der Waals surface area contributed by atoms with Crippen molar-refractivity contribution in [3.63, 3.8) is 0 Å². The summed E-state index contributed by atoms with van der Waals surface area (Å²) in [6.45, 7) is 6.51. The van der Waals surface area contributed by atoms with E-state index in [2.05, 4.69) is 22.4 Å². The van der Waals surface area contributed by atoms with Crippen LogP contribution in [0.2, 0.25) is 0 Å². The molecule has 0 atom stereocenters. The van der Waals surface area contributed by atoms with Crippen molar-refractivity contribution in [2.24, 2.45) is 5.41 Å². The summed E-state index contributed by atoms with van der Waals surface area (Å²) >= 11 is 1.38. The number of hydrogen-bond donors (Lipinski definition) is 1. The van der Waals surface area contributed by atoms with Gasteiger partial charge in [0.2, 0.25) is 0 Å². The molecule has 31 heavy (non-hydrogen) atoms. The van der Waals surface area contributed by atoms with Gasteiger partial charge in [-0.1, -0.05) is 23.5 Å². The number of nitriles is 2. The molecule has 1 aliphatic heterocycles. The average Bonchev–Trinajstić information content (AvgIpc) is 3.14. The molecule has 0 spiro atoms. The number of urea groups is 1.